The zero-order chi connectivity index (χ0) is 27.8. The van der Waals surface area contributed by atoms with Crippen LogP contribution in [0.3, 0.4) is 0 Å². The third-order valence-electron chi connectivity index (χ3n) is 5.76. The van der Waals surface area contributed by atoms with E-state index in [1.807, 2.05) is 71.7 Å². The lowest BCUT2D eigenvalue weighted by Crippen LogP contribution is -3.00. The predicted octanol–water partition coefficient (Wildman–Crippen LogP) is 0.820. The van der Waals surface area contributed by atoms with E-state index < -0.39 is 0 Å². The fraction of sp³-hybridized carbons (Fsp3) is 0.357. The Morgan fingerprint density at radius 3 is 1.38 bits per heavy atom. The molecule has 0 aliphatic rings. The molecule has 0 radical (unpaired) electrons. The molecule has 0 bridgehead atoms. The van der Waals surface area contributed by atoms with Gasteiger partial charge in [0.1, 0.15) is 23.8 Å². The normalized spacial score (nSPS) is 11.0. The fourth-order valence-corrected chi connectivity index (χ4v) is 5.07. The molecule has 2 heterocycles. The van der Waals surface area contributed by atoms with E-state index in [1.54, 1.807) is 22.7 Å². The number of benzene rings is 2. The molecule has 10 nitrogen and oxygen atoms in total. The van der Waals surface area contributed by atoms with Crippen molar-refractivity contribution in [2.24, 2.45) is 20.5 Å². The van der Waals surface area contributed by atoms with Crippen molar-refractivity contribution in [3.8, 4) is 0 Å². The number of thiazole rings is 2. The summed E-state index contributed by atoms with van der Waals surface area (Å²) < 4.78 is 15.5. The highest BCUT2D eigenvalue weighted by Gasteiger charge is 2.10. The quantitative estimate of drug-likeness (QED) is 0.0953. The SMILES string of the molecule is CC[n+]1ccsc1N=Nc1ccc(NCCOCCOCCNc2ccc(N=Nc3scc[n+]3CC)cc2)cc1.[Br-].[Br-]. The van der Waals surface area contributed by atoms with Crippen molar-refractivity contribution in [1.29, 1.82) is 0 Å². The van der Waals surface area contributed by atoms with Gasteiger partial charge in [0, 0.05) is 35.2 Å². The van der Waals surface area contributed by atoms with Crippen molar-refractivity contribution in [1.82, 2.24) is 0 Å². The molecular formula is C28H36Br2N8O2S2. The van der Waals surface area contributed by atoms with Gasteiger partial charge in [-0.05, 0) is 95.3 Å². The molecule has 14 heteroatoms. The number of aryl methyl sites for hydroxylation is 2. The van der Waals surface area contributed by atoms with E-state index >= 15 is 0 Å². The maximum absolute atomic E-state index is 5.66. The summed E-state index contributed by atoms with van der Waals surface area (Å²) in [5.41, 5.74) is 3.69. The number of ether oxygens (including phenoxy) is 2. The largest absolute Gasteiger partial charge is 1.00 e. The minimum atomic E-state index is 0. The molecular weight excluding hydrogens is 704 g/mol. The molecule has 0 spiro atoms. The summed E-state index contributed by atoms with van der Waals surface area (Å²) in [5.74, 6) is 0. The Hall–Kier alpha value is -2.62. The molecule has 42 heavy (non-hydrogen) atoms. The van der Waals surface area contributed by atoms with Crippen LogP contribution in [0.1, 0.15) is 13.8 Å². The summed E-state index contributed by atoms with van der Waals surface area (Å²) in [5, 5.41) is 29.8. The molecule has 0 saturated heterocycles. The first-order valence-electron chi connectivity index (χ1n) is 13.4. The number of hydrogen-bond donors (Lipinski definition) is 2. The average molecular weight is 741 g/mol. The van der Waals surface area contributed by atoms with Gasteiger partial charge >= 0.3 is 10.3 Å². The van der Waals surface area contributed by atoms with Gasteiger partial charge in [-0.25, -0.2) is 9.13 Å². The van der Waals surface area contributed by atoms with Crippen molar-refractivity contribution in [3.63, 3.8) is 0 Å². The van der Waals surface area contributed by atoms with E-state index in [4.69, 9.17) is 9.47 Å². The fourth-order valence-electron chi connectivity index (χ4n) is 3.59. The summed E-state index contributed by atoms with van der Waals surface area (Å²) in [6.07, 6.45) is 4.03. The highest BCUT2D eigenvalue weighted by atomic mass is 79.9. The van der Waals surface area contributed by atoms with Crippen molar-refractivity contribution in [2.45, 2.75) is 26.9 Å². The minimum Gasteiger partial charge on any atom is -1.00 e. The van der Waals surface area contributed by atoms with Gasteiger partial charge in [-0.2, -0.15) is 0 Å². The Morgan fingerprint density at radius 1 is 0.595 bits per heavy atom. The molecule has 2 N–H and O–H groups in total. The molecule has 0 atom stereocenters. The van der Waals surface area contributed by atoms with E-state index in [0.717, 1.165) is 59.2 Å². The van der Waals surface area contributed by atoms with Gasteiger partial charge in [0.25, 0.3) is 0 Å². The van der Waals surface area contributed by atoms with Crippen LogP contribution < -0.4 is 53.7 Å². The molecule has 0 aliphatic heterocycles. The van der Waals surface area contributed by atoms with Crippen molar-refractivity contribution in [2.75, 3.05) is 50.2 Å². The molecule has 0 saturated carbocycles. The summed E-state index contributed by atoms with van der Waals surface area (Å²) in [6, 6.07) is 15.8. The molecule has 0 unspecified atom stereocenters. The second-order valence-electron chi connectivity index (χ2n) is 8.52. The highest BCUT2D eigenvalue weighted by molar-refractivity contribution is 7.13. The van der Waals surface area contributed by atoms with Gasteiger partial charge in [-0.1, -0.05) is 0 Å². The molecule has 226 valence electrons. The van der Waals surface area contributed by atoms with Gasteiger partial charge in [0.15, 0.2) is 0 Å². The smallest absolute Gasteiger partial charge is 0.408 e. The van der Waals surface area contributed by atoms with Crippen LogP contribution in [0.5, 0.6) is 0 Å². The van der Waals surface area contributed by atoms with E-state index in [0.29, 0.717) is 26.4 Å². The van der Waals surface area contributed by atoms with E-state index in [1.165, 1.54) is 0 Å². The number of halogens is 2. The number of nitrogens with one attached hydrogen (secondary N) is 2. The standard InChI is InChI=1S/C28H34N8O2S2.2BrH/c1-3-35-15-21-39-27(35)33-31-25-9-5-23(6-10-25)29-13-17-37-19-20-38-18-14-30-24-7-11-26(12-8-24)32-34-28-36(4-2)16-22-40-28;;/h5-12,15-16,21-22H,3-4,13-14,17-20H2,1-2H3;2*1H. The van der Waals surface area contributed by atoms with E-state index in [2.05, 4.69) is 54.1 Å². The van der Waals surface area contributed by atoms with Gasteiger partial charge in [0.2, 0.25) is 0 Å². The number of rotatable bonds is 17. The van der Waals surface area contributed by atoms with Crippen LogP contribution in [0.25, 0.3) is 0 Å². The second kappa shape index (κ2) is 20.3. The first kappa shape index (κ1) is 35.6. The Morgan fingerprint density at radius 2 is 1.00 bits per heavy atom. The van der Waals surface area contributed by atoms with Gasteiger partial charge in [-0.15, -0.1) is 0 Å². The Bertz CT molecular complexity index is 1240. The zero-order valence-electron chi connectivity index (χ0n) is 23.7. The second-order valence-corrected chi connectivity index (χ2v) is 10.3. The maximum Gasteiger partial charge on any atom is 0.408 e. The first-order valence-corrected chi connectivity index (χ1v) is 15.1. The predicted molar refractivity (Wildman–Crippen MR) is 160 cm³/mol. The Labute approximate surface area is 276 Å². The monoisotopic (exact) mass is 738 g/mol. The van der Waals surface area contributed by atoms with Gasteiger partial charge in [0.05, 0.1) is 49.7 Å². The molecule has 4 aromatic rings. The van der Waals surface area contributed by atoms with Crippen molar-refractivity contribution >= 4 is 55.7 Å². The lowest BCUT2D eigenvalue weighted by Gasteiger charge is -2.09. The van der Waals surface area contributed by atoms with Crippen LogP contribution in [-0.4, -0.2) is 39.5 Å². The molecule has 2 aromatic heterocycles. The minimum absolute atomic E-state index is 0. The molecule has 0 aliphatic carbocycles. The third-order valence-corrected chi connectivity index (χ3v) is 7.33. The van der Waals surface area contributed by atoms with Crippen molar-refractivity contribution < 1.29 is 52.6 Å². The first-order chi connectivity index (χ1) is 19.7. The number of aromatic nitrogens is 2. The van der Waals surface area contributed by atoms with Crippen LogP contribution >= 0.6 is 22.7 Å². The summed E-state index contributed by atoms with van der Waals surface area (Å²) in [4.78, 5) is 0. The summed E-state index contributed by atoms with van der Waals surface area (Å²) >= 11 is 3.16. The Balaban J connectivity index is 0.00000308. The van der Waals surface area contributed by atoms with Crippen LogP contribution in [0.4, 0.5) is 33.0 Å². The van der Waals surface area contributed by atoms with Crippen LogP contribution in [0.15, 0.2) is 92.1 Å². The average Bonchev–Trinajstić information content (AvgIpc) is 3.66. The van der Waals surface area contributed by atoms with Crippen molar-refractivity contribution in [3.05, 3.63) is 71.7 Å². The van der Waals surface area contributed by atoms with Crippen LogP contribution in [0.2, 0.25) is 0 Å². The molecule has 0 fully saturated rings. The van der Waals surface area contributed by atoms with Crippen LogP contribution in [0, 0.1) is 0 Å². The third kappa shape index (κ3) is 11.9. The van der Waals surface area contributed by atoms with Crippen LogP contribution in [-0.2, 0) is 22.6 Å². The lowest BCUT2D eigenvalue weighted by molar-refractivity contribution is -0.677. The maximum atomic E-state index is 5.66. The summed E-state index contributed by atoms with van der Waals surface area (Å²) in [7, 11) is 0. The Kier molecular flexibility index (Phi) is 17.2. The molecule has 2 aromatic carbocycles. The number of hydrogen-bond acceptors (Lipinski definition) is 10. The highest BCUT2D eigenvalue weighted by Crippen LogP contribution is 2.22. The lowest BCUT2D eigenvalue weighted by atomic mass is 10.3. The van der Waals surface area contributed by atoms with E-state index in [-0.39, 0.29) is 34.0 Å². The van der Waals surface area contributed by atoms with E-state index in [9.17, 15) is 0 Å². The molecule has 0 amide bonds. The number of anilines is 2. The number of nitrogens with zero attached hydrogens (tertiary/aromatic N) is 6. The topological polar surface area (TPSA) is 99.7 Å². The zero-order valence-corrected chi connectivity index (χ0v) is 28.5. The van der Waals surface area contributed by atoms with Gasteiger partial charge < -0.3 is 54.1 Å². The van der Waals surface area contributed by atoms with Gasteiger partial charge in [-0.3, -0.25) is 0 Å². The summed E-state index contributed by atoms with van der Waals surface area (Å²) in [6.45, 7) is 9.70. The molecule has 4 rings (SSSR count). The number of azo groups is 2.